The third-order valence-corrected chi connectivity index (χ3v) is 7.37. The minimum absolute atomic E-state index is 0.239. The topological polar surface area (TPSA) is 36.7 Å². The highest BCUT2D eigenvalue weighted by atomic mass is 19.1. The molecule has 4 heterocycles. The van der Waals surface area contributed by atoms with Crippen LogP contribution in [0.2, 0.25) is 0 Å². The van der Waals surface area contributed by atoms with E-state index < -0.39 is 0 Å². The summed E-state index contributed by atoms with van der Waals surface area (Å²) in [7, 11) is 0. The molecule has 2 fully saturated rings. The molecule has 2 aromatic heterocycles. The van der Waals surface area contributed by atoms with Crippen LogP contribution in [0.4, 0.5) is 10.2 Å². The molecular formula is C27H28FN5. The maximum absolute atomic E-state index is 13.3. The standard InChI is InChI=1S/C27H28FN5/c1-18-19(2)27(30-33-17-25(29-26(18)33)21-8-10-24(28)11-9-21)32-15-22-13-31(14-23(22)16-32)12-20-6-4-3-5-7-20/h3-11,17,22-23H,12-16H2,1-2H3. The van der Waals surface area contributed by atoms with Crippen LogP contribution in [0.15, 0.2) is 60.8 Å². The zero-order valence-corrected chi connectivity index (χ0v) is 19.1. The molecule has 2 aromatic carbocycles. The van der Waals surface area contributed by atoms with Crippen molar-refractivity contribution in [1.82, 2.24) is 19.5 Å². The van der Waals surface area contributed by atoms with Crippen molar-refractivity contribution in [2.45, 2.75) is 20.4 Å². The van der Waals surface area contributed by atoms with Crippen molar-refractivity contribution in [3.63, 3.8) is 0 Å². The average Bonchev–Trinajstić information content (AvgIpc) is 3.51. The molecular weight excluding hydrogens is 413 g/mol. The second-order valence-corrected chi connectivity index (χ2v) is 9.58. The third kappa shape index (κ3) is 3.68. The van der Waals surface area contributed by atoms with Crippen LogP contribution in [-0.4, -0.2) is 45.7 Å². The maximum atomic E-state index is 13.3. The average molecular weight is 442 g/mol. The van der Waals surface area contributed by atoms with Gasteiger partial charge in [0, 0.05) is 49.4 Å². The Hall–Kier alpha value is -3.25. The fourth-order valence-corrected chi connectivity index (χ4v) is 5.51. The summed E-state index contributed by atoms with van der Waals surface area (Å²) < 4.78 is 15.2. The number of aromatic nitrogens is 3. The van der Waals surface area contributed by atoms with E-state index in [1.54, 1.807) is 12.1 Å². The summed E-state index contributed by atoms with van der Waals surface area (Å²) in [5.74, 6) is 2.19. The fraction of sp³-hybridized carbons (Fsp3) is 0.333. The van der Waals surface area contributed by atoms with Crippen LogP contribution in [0.3, 0.4) is 0 Å². The minimum atomic E-state index is -0.239. The van der Waals surface area contributed by atoms with E-state index in [1.165, 1.54) is 23.3 Å². The van der Waals surface area contributed by atoms with Crippen LogP contribution in [0.1, 0.15) is 16.7 Å². The van der Waals surface area contributed by atoms with E-state index in [9.17, 15) is 4.39 Å². The molecule has 5 nitrogen and oxygen atoms in total. The monoisotopic (exact) mass is 441 g/mol. The predicted molar refractivity (Wildman–Crippen MR) is 129 cm³/mol. The highest BCUT2D eigenvalue weighted by molar-refractivity contribution is 5.67. The molecule has 0 aliphatic carbocycles. The van der Waals surface area contributed by atoms with Crippen LogP contribution in [-0.2, 0) is 6.54 Å². The predicted octanol–water partition coefficient (Wildman–Crippen LogP) is 4.72. The third-order valence-electron chi connectivity index (χ3n) is 7.37. The number of hydrogen-bond donors (Lipinski definition) is 0. The Labute approximate surface area is 193 Å². The molecule has 2 atom stereocenters. The molecule has 2 unspecified atom stereocenters. The zero-order chi connectivity index (χ0) is 22.5. The van der Waals surface area contributed by atoms with Gasteiger partial charge in [0.2, 0.25) is 0 Å². The number of hydrogen-bond acceptors (Lipinski definition) is 4. The normalized spacial score (nSPS) is 20.6. The molecule has 0 amide bonds. The SMILES string of the molecule is Cc1c(N2CC3CN(Cc4ccccc4)CC3C2)nn2cc(-c3ccc(F)cc3)nc2c1C. The van der Waals surface area contributed by atoms with E-state index in [2.05, 4.69) is 54.0 Å². The van der Waals surface area contributed by atoms with Crippen molar-refractivity contribution in [1.29, 1.82) is 0 Å². The first-order valence-corrected chi connectivity index (χ1v) is 11.7. The number of rotatable bonds is 4. The second-order valence-electron chi connectivity index (χ2n) is 9.58. The molecule has 6 heteroatoms. The van der Waals surface area contributed by atoms with Crippen LogP contribution in [0.5, 0.6) is 0 Å². The first kappa shape index (κ1) is 20.4. The second kappa shape index (κ2) is 7.96. The van der Waals surface area contributed by atoms with E-state index in [0.717, 1.165) is 61.0 Å². The van der Waals surface area contributed by atoms with Crippen LogP contribution in [0.25, 0.3) is 16.9 Å². The van der Waals surface area contributed by atoms with Gasteiger partial charge < -0.3 is 4.90 Å². The summed E-state index contributed by atoms with van der Waals surface area (Å²) in [4.78, 5) is 9.87. The van der Waals surface area contributed by atoms with Gasteiger partial charge in [-0.25, -0.2) is 13.9 Å². The Morgan fingerprint density at radius 2 is 1.58 bits per heavy atom. The Bertz CT molecular complexity index is 1280. The summed E-state index contributed by atoms with van der Waals surface area (Å²) in [6, 6.07) is 17.2. The maximum Gasteiger partial charge on any atom is 0.157 e. The summed E-state index contributed by atoms with van der Waals surface area (Å²) in [6.07, 6.45) is 1.96. The van der Waals surface area contributed by atoms with Gasteiger partial charge >= 0.3 is 0 Å². The quantitative estimate of drug-likeness (QED) is 0.459. The molecule has 2 saturated heterocycles. The lowest BCUT2D eigenvalue weighted by Gasteiger charge is -2.24. The highest BCUT2D eigenvalue weighted by Crippen LogP contribution is 2.36. The fourth-order valence-electron chi connectivity index (χ4n) is 5.51. The summed E-state index contributed by atoms with van der Waals surface area (Å²) >= 11 is 0. The van der Waals surface area contributed by atoms with E-state index in [-0.39, 0.29) is 5.82 Å². The zero-order valence-electron chi connectivity index (χ0n) is 19.1. The Morgan fingerprint density at radius 1 is 0.879 bits per heavy atom. The van der Waals surface area contributed by atoms with E-state index in [1.807, 2.05) is 10.7 Å². The van der Waals surface area contributed by atoms with Crippen molar-refractivity contribution in [3.8, 4) is 11.3 Å². The Kier molecular flexibility index (Phi) is 4.91. The molecule has 4 aromatic rings. The van der Waals surface area contributed by atoms with Crippen LogP contribution >= 0.6 is 0 Å². The molecule has 0 N–H and O–H groups in total. The summed E-state index contributed by atoms with van der Waals surface area (Å²) in [6.45, 7) is 9.71. The van der Waals surface area contributed by atoms with Gasteiger partial charge in [-0.15, -0.1) is 5.10 Å². The molecule has 6 rings (SSSR count). The van der Waals surface area contributed by atoms with Gasteiger partial charge in [0.05, 0.1) is 11.9 Å². The van der Waals surface area contributed by atoms with Gasteiger partial charge in [-0.3, -0.25) is 4.90 Å². The number of likely N-dealkylation sites (tertiary alicyclic amines) is 1. The van der Waals surface area contributed by atoms with Gasteiger partial charge in [-0.2, -0.15) is 0 Å². The van der Waals surface area contributed by atoms with E-state index >= 15 is 0 Å². The first-order valence-electron chi connectivity index (χ1n) is 11.7. The smallest absolute Gasteiger partial charge is 0.157 e. The summed E-state index contributed by atoms with van der Waals surface area (Å²) in [5.41, 5.74) is 6.32. The lowest BCUT2D eigenvalue weighted by atomic mass is 10.0. The largest absolute Gasteiger partial charge is 0.354 e. The van der Waals surface area contributed by atoms with E-state index in [0.29, 0.717) is 11.8 Å². The van der Waals surface area contributed by atoms with Gasteiger partial charge in [0.25, 0.3) is 0 Å². The lowest BCUT2D eigenvalue weighted by molar-refractivity contribution is 0.308. The number of nitrogens with zero attached hydrogens (tertiary/aromatic N) is 5. The van der Waals surface area contributed by atoms with Crippen LogP contribution < -0.4 is 4.90 Å². The molecule has 0 bridgehead atoms. The first-order chi connectivity index (χ1) is 16.0. The number of halogens is 1. The van der Waals surface area contributed by atoms with Crippen molar-refractivity contribution < 1.29 is 4.39 Å². The number of benzene rings is 2. The van der Waals surface area contributed by atoms with Gasteiger partial charge in [-0.05, 0) is 55.5 Å². The van der Waals surface area contributed by atoms with E-state index in [4.69, 9.17) is 10.1 Å². The molecule has 33 heavy (non-hydrogen) atoms. The van der Waals surface area contributed by atoms with Crippen LogP contribution in [0, 0.1) is 31.5 Å². The molecule has 0 spiro atoms. The van der Waals surface area contributed by atoms with Crippen molar-refractivity contribution in [3.05, 3.63) is 83.3 Å². The number of anilines is 1. The van der Waals surface area contributed by atoms with Crippen molar-refractivity contribution >= 4 is 11.5 Å². The van der Waals surface area contributed by atoms with Gasteiger partial charge in [-0.1, -0.05) is 30.3 Å². The summed E-state index contributed by atoms with van der Waals surface area (Å²) in [5, 5.41) is 4.99. The minimum Gasteiger partial charge on any atom is -0.354 e. The number of imidazole rings is 1. The van der Waals surface area contributed by atoms with Gasteiger partial charge in [0.15, 0.2) is 11.5 Å². The molecule has 0 radical (unpaired) electrons. The molecule has 2 aliphatic rings. The molecule has 2 aliphatic heterocycles. The van der Waals surface area contributed by atoms with Crippen molar-refractivity contribution in [2.75, 3.05) is 31.1 Å². The number of aryl methyl sites for hydroxylation is 1. The van der Waals surface area contributed by atoms with Gasteiger partial charge in [0.1, 0.15) is 5.82 Å². The molecule has 0 saturated carbocycles. The Morgan fingerprint density at radius 3 is 2.27 bits per heavy atom. The lowest BCUT2D eigenvalue weighted by Crippen LogP contribution is -2.30. The Balaban J connectivity index is 1.23. The highest BCUT2D eigenvalue weighted by Gasteiger charge is 2.40. The molecule has 168 valence electrons. The van der Waals surface area contributed by atoms with Crippen molar-refractivity contribution in [2.24, 2.45) is 11.8 Å². The number of fused-ring (bicyclic) bond motifs is 2.